The van der Waals surface area contributed by atoms with Crippen LogP contribution in [0.1, 0.15) is 24.8 Å². The number of nitrogens with one attached hydrogen (secondary N) is 2. The molecule has 1 aromatic carbocycles. The first-order chi connectivity index (χ1) is 12.5. The quantitative estimate of drug-likeness (QED) is 0.398. The molecule has 7 heteroatoms. The number of likely N-dealkylation sites (N-methyl/N-ethyl adjacent to an activating group) is 1. The summed E-state index contributed by atoms with van der Waals surface area (Å²) in [6, 6.07) is 5.22. The molecule has 1 saturated heterocycles. The van der Waals surface area contributed by atoms with Crippen molar-refractivity contribution in [1.29, 1.82) is 0 Å². The molecular formula is C19H30BrFN4O. The third-order valence-corrected chi connectivity index (χ3v) is 5.60. The zero-order chi connectivity index (χ0) is 19.0. The van der Waals surface area contributed by atoms with Crippen molar-refractivity contribution in [3.63, 3.8) is 0 Å². The molecule has 0 bridgehead atoms. The summed E-state index contributed by atoms with van der Waals surface area (Å²) >= 11 is 3.28. The Morgan fingerprint density at radius 1 is 1.31 bits per heavy atom. The molecule has 1 fully saturated rings. The summed E-state index contributed by atoms with van der Waals surface area (Å²) in [5.74, 6) is 0.628. The Hall–Kier alpha value is -1.18. The van der Waals surface area contributed by atoms with Gasteiger partial charge < -0.3 is 20.3 Å². The Balaban J connectivity index is 1.77. The van der Waals surface area contributed by atoms with E-state index in [1.54, 1.807) is 7.05 Å². The highest BCUT2D eigenvalue weighted by molar-refractivity contribution is 9.10. The van der Waals surface area contributed by atoms with Crippen LogP contribution in [0.25, 0.3) is 0 Å². The number of nitrogens with zero attached hydrogens (tertiary/aromatic N) is 2. The largest absolute Gasteiger partial charge is 0.381 e. The van der Waals surface area contributed by atoms with E-state index in [-0.39, 0.29) is 11.4 Å². The number of hydrogen-bond acceptors (Lipinski definition) is 3. The standard InChI is InChI=1S/C19H30BrFN4O/c1-22-18(24-14-19(25(2)3)8-11-26-12-9-19)23-10-4-5-15-6-7-16(20)13-17(15)21/h6-7,13H,4-5,8-12,14H2,1-3H3,(H2,22,23,24). The molecule has 1 heterocycles. The highest BCUT2D eigenvalue weighted by Gasteiger charge is 2.34. The van der Waals surface area contributed by atoms with Crippen LogP contribution in [-0.2, 0) is 11.2 Å². The second-order valence-corrected chi connectivity index (χ2v) is 7.84. The van der Waals surface area contributed by atoms with E-state index in [0.29, 0.717) is 6.42 Å². The number of benzene rings is 1. The fraction of sp³-hybridized carbons (Fsp3) is 0.632. The van der Waals surface area contributed by atoms with Gasteiger partial charge in [-0.1, -0.05) is 22.0 Å². The first-order valence-corrected chi connectivity index (χ1v) is 9.90. The van der Waals surface area contributed by atoms with Crippen molar-refractivity contribution in [1.82, 2.24) is 15.5 Å². The minimum Gasteiger partial charge on any atom is -0.381 e. The van der Waals surface area contributed by atoms with Gasteiger partial charge in [0.2, 0.25) is 0 Å². The number of ether oxygens (including phenoxy) is 1. The lowest BCUT2D eigenvalue weighted by atomic mass is 9.88. The molecule has 26 heavy (non-hydrogen) atoms. The van der Waals surface area contributed by atoms with Gasteiger partial charge in [-0.15, -0.1) is 0 Å². The zero-order valence-corrected chi connectivity index (χ0v) is 17.5. The van der Waals surface area contributed by atoms with E-state index in [1.807, 2.05) is 12.1 Å². The molecule has 5 nitrogen and oxygen atoms in total. The minimum absolute atomic E-state index is 0.0937. The van der Waals surface area contributed by atoms with Crippen molar-refractivity contribution in [2.24, 2.45) is 4.99 Å². The predicted molar refractivity (Wildman–Crippen MR) is 108 cm³/mol. The normalized spacial score (nSPS) is 17.4. The van der Waals surface area contributed by atoms with Gasteiger partial charge in [0.1, 0.15) is 5.82 Å². The van der Waals surface area contributed by atoms with Gasteiger partial charge in [-0.25, -0.2) is 4.39 Å². The predicted octanol–water partition coefficient (Wildman–Crippen LogP) is 2.80. The number of hydrogen-bond donors (Lipinski definition) is 2. The summed E-state index contributed by atoms with van der Waals surface area (Å²) in [6.07, 6.45) is 3.55. The molecule has 0 atom stereocenters. The molecule has 0 saturated carbocycles. The number of rotatable bonds is 7. The maximum atomic E-state index is 13.8. The molecule has 1 aliphatic heterocycles. The molecule has 0 aliphatic carbocycles. The van der Waals surface area contributed by atoms with E-state index in [4.69, 9.17) is 4.74 Å². The summed E-state index contributed by atoms with van der Waals surface area (Å²) in [7, 11) is 6.02. The van der Waals surface area contributed by atoms with Crippen molar-refractivity contribution in [2.75, 3.05) is 47.4 Å². The summed E-state index contributed by atoms with van der Waals surface area (Å²) < 4.78 is 20.1. The highest BCUT2D eigenvalue weighted by atomic mass is 79.9. The van der Waals surface area contributed by atoms with Crippen molar-refractivity contribution in [3.8, 4) is 0 Å². The zero-order valence-electron chi connectivity index (χ0n) is 15.9. The number of guanidine groups is 1. The third-order valence-electron chi connectivity index (χ3n) is 5.11. The van der Waals surface area contributed by atoms with E-state index in [9.17, 15) is 4.39 Å². The van der Waals surface area contributed by atoms with Gasteiger partial charge in [-0.3, -0.25) is 4.99 Å². The maximum Gasteiger partial charge on any atom is 0.191 e. The Kier molecular flexibility index (Phi) is 8.31. The Morgan fingerprint density at radius 2 is 2.04 bits per heavy atom. The van der Waals surface area contributed by atoms with Crippen LogP contribution < -0.4 is 10.6 Å². The topological polar surface area (TPSA) is 48.9 Å². The van der Waals surface area contributed by atoms with E-state index in [0.717, 1.165) is 61.6 Å². The van der Waals surface area contributed by atoms with E-state index >= 15 is 0 Å². The van der Waals surface area contributed by atoms with Gasteiger partial charge in [-0.2, -0.15) is 0 Å². The van der Waals surface area contributed by atoms with Crippen molar-refractivity contribution >= 4 is 21.9 Å². The smallest absolute Gasteiger partial charge is 0.191 e. The Bertz CT molecular complexity index is 603. The Labute approximate surface area is 164 Å². The lowest BCUT2D eigenvalue weighted by molar-refractivity contribution is -0.00501. The lowest BCUT2D eigenvalue weighted by Crippen LogP contribution is -2.57. The molecule has 2 rings (SSSR count). The second kappa shape index (κ2) is 10.2. The van der Waals surface area contributed by atoms with Gasteiger partial charge in [0, 0.05) is 43.4 Å². The van der Waals surface area contributed by atoms with Crippen LogP contribution >= 0.6 is 15.9 Å². The van der Waals surface area contributed by atoms with Crippen LogP contribution in [-0.4, -0.2) is 63.8 Å². The van der Waals surface area contributed by atoms with Crippen LogP contribution in [0.15, 0.2) is 27.7 Å². The molecule has 146 valence electrons. The molecule has 0 unspecified atom stereocenters. The molecule has 0 aromatic heterocycles. The van der Waals surface area contributed by atoms with E-state index in [2.05, 4.69) is 50.6 Å². The van der Waals surface area contributed by atoms with Crippen molar-refractivity contribution < 1.29 is 9.13 Å². The van der Waals surface area contributed by atoms with Crippen LogP contribution in [0.2, 0.25) is 0 Å². The first-order valence-electron chi connectivity index (χ1n) is 9.10. The van der Waals surface area contributed by atoms with Crippen LogP contribution in [0.4, 0.5) is 4.39 Å². The highest BCUT2D eigenvalue weighted by Crippen LogP contribution is 2.25. The van der Waals surface area contributed by atoms with Gasteiger partial charge >= 0.3 is 0 Å². The summed E-state index contributed by atoms with van der Waals surface area (Å²) in [5.41, 5.74) is 0.836. The Morgan fingerprint density at radius 3 is 2.65 bits per heavy atom. The average molecular weight is 429 g/mol. The molecule has 0 spiro atoms. The molecular weight excluding hydrogens is 399 g/mol. The monoisotopic (exact) mass is 428 g/mol. The van der Waals surface area contributed by atoms with Crippen molar-refractivity contribution in [3.05, 3.63) is 34.1 Å². The minimum atomic E-state index is -0.158. The van der Waals surface area contributed by atoms with Gasteiger partial charge in [0.05, 0.1) is 0 Å². The lowest BCUT2D eigenvalue weighted by Gasteiger charge is -2.43. The molecule has 1 aromatic rings. The van der Waals surface area contributed by atoms with Crippen LogP contribution in [0.5, 0.6) is 0 Å². The van der Waals surface area contributed by atoms with Crippen molar-refractivity contribution in [2.45, 2.75) is 31.2 Å². The fourth-order valence-corrected chi connectivity index (χ4v) is 3.55. The average Bonchev–Trinajstić information content (AvgIpc) is 2.63. The molecule has 2 N–H and O–H groups in total. The second-order valence-electron chi connectivity index (χ2n) is 6.92. The molecule has 0 amide bonds. The maximum absolute atomic E-state index is 13.8. The van der Waals surface area contributed by atoms with E-state index < -0.39 is 0 Å². The van der Waals surface area contributed by atoms with Crippen LogP contribution in [0, 0.1) is 5.82 Å². The van der Waals surface area contributed by atoms with Crippen LogP contribution in [0.3, 0.4) is 0 Å². The molecule has 1 aliphatic rings. The summed E-state index contributed by atoms with van der Waals surface area (Å²) in [4.78, 5) is 6.58. The molecule has 0 radical (unpaired) electrons. The number of aryl methyl sites for hydroxylation is 1. The fourth-order valence-electron chi connectivity index (χ4n) is 3.21. The van der Waals surface area contributed by atoms with Gasteiger partial charge in [-0.05, 0) is 57.5 Å². The van der Waals surface area contributed by atoms with Gasteiger partial charge in [0.15, 0.2) is 5.96 Å². The number of halogens is 2. The summed E-state index contributed by atoms with van der Waals surface area (Å²) in [5, 5.41) is 6.76. The third kappa shape index (κ3) is 5.93. The first kappa shape index (κ1) is 21.1. The summed E-state index contributed by atoms with van der Waals surface area (Å²) in [6.45, 7) is 3.16. The van der Waals surface area contributed by atoms with Gasteiger partial charge in [0.25, 0.3) is 0 Å². The SMILES string of the molecule is CN=C(NCCCc1ccc(Br)cc1F)NCC1(N(C)C)CCOCC1. The van der Waals surface area contributed by atoms with E-state index in [1.165, 1.54) is 6.07 Å². The number of aliphatic imine (C=N–C) groups is 1.